The number of carbonyl (C=O) groups excluding carboxylic acids is 2. The topological polar surface area (TPSA) is 75.4 Å². The van der Waals surface area contributed by atoms with Gasteiger partial charge in [0.1, 0.15) is 0 Å². The molecule has 29 heavy (non-hydrogen) atoms. The van der Waals surface area contributed by atoms with Gasteiger partial charge in [0.25, 0.3) is 5.91 Å². The standard InChI is InChI=1S/C23H29N3O2.ClH/c1-23(2)16-26(14-13-20(23)24)21(27)15-19(17-9-5-3-6-10-17)25-22(28)18-11-7-4-8-12-18;/h3-12,19-20H,13-16,24H2,1-2H3,(H,25,28);1H. The fourth-order valence-electron chi connectivity index (χ4n) is 3.66. The van der Waals surface area contributed by atoms with Crippen LogP contribution in [0, 0.1) is 5.41 Å². The van der Waals surface area contributed by atoms with Crippen molar-refractivity contribution in [2.75, 3.05) is 13.1 Å². The summed E-state index contributed by atoms with van der Waals surface area (Å²) in [6, 6.07) is 18.5. The summed E-state index contributed by atoms with van der Waals surface area (Å²) in [5.41, 5.74) is 7.60. The Hall–Kier alpha value is -2.37. The van der Waals surface area contributed by atoms with Crippen LogP contribution in [0.3, 0.4) is 0 Å². The minimum atomic E-state index is -0.375. The number of hydrogen-bond acceptors (Lipinski definition) is 3. The number of nitrogens with two attached hydrogens (primary N) is 1. The monoisotopic (exact) mass is 415 g/mol. The molecule has 2 unspecified atom stereocenters. The minimum absolute atomic E-state index is 0. The quantitative estimate of drug-likeness (QED) is 0.783. The molecule has 6 heteroatoms. The van der Waals surface area contributed by atoms with Crippen LogP contribution in [0.25, 0.3) is 0 Å². The van der Waals surface area contributed by atoms with Crippen molar-refractivity contribution in [3.63, 3.8) is 0 Å². The molecule has 1 aliphatic heterocycles. The van der Waals surface area contributed by atoms with Crippen LogP contribution in [0.2, 0.25) is 0 Å². The van der Waals surface area contributed by atoms with Crippen LogP contribution in [0.1, 0.15) is 48.7 Å². The first-order valence-electron chi connectivity index (χ1n) is 9.81. The molecule has 2 atom stereocenters. The molecule has 2 amide bonds. The van der Waals surface area contributed by atoms with Crippen molar-refractivity contribution < 1.29 is 9.59 Å². The van der Waals surface area contributed by atoms with Gasteiger partial charge in [0.2, 0.25) is 5.91 Å². The molecule has 1 heterocycles. The van der Waals surface area contributed by atoms with E-state index in [1.807, 2.05) is 53.4 Å². The first-order chi connectivity index (χ1) is 13.4. The van der Waals surface area contributed by atoms with Crippen LogP contribution in [0.5, 0.6) is 0 Å². The van der Waals surface area contributed by atoms with E-state index >= 15 is 0 Å². The van der Waals surface area contributed by atoms with E-state index in [1.165, 1.54) is 0 Å². The molecular formula is C23H30ClN3O2. The van der Waals surface area contributed by atoms with Gasteiger partial charge in [0, 0.05) is 24.7 Å². The maximum atomic E-state index is 13.0. The van der Waals surface area contributed by atoms with Gasteiger partial charge in [0.15, 0.2) is 0 Å². The lowest BCUT2D eigenvalue weighted by Crippen LogP contribution is -2.54. The number of hydrogen-bond donors (Lipinski definition) is 2. The molecule has 0 radical (unpaired) electrons. The summed E-state index contributed by atoms with van der Waals surface area (Å²) in [5.74, 6) is -0.134. The highest BCUT2D eigenvalue weighted by Crippen LogP contribution is 2.29. The van der Waals surface area contributed by atoms with E-state index in [-0.39, 0.29) is 48.1 Å². The molecule has 0 spiro atoms. The number of nitrogens with one attached hydrogen (secondary N) is 1. The molecule has 0 aliphatic carbocycles. The number of nitrogens with zero attached hydrogens (tertiary/aromatic N) is 1. The number of likely N-dealkylation sites (tertiary alicyclic amines) is 1. The van der Waals surface area contributed by atoms with Crippen LogP contribution in [-0.4, -0.2) is 35.8 Å². The van der Waals surface area contributed by atoms with E-state index < -0.39 is 0 Å². The Labute approximate surface area is 179 Å². The summed E-state index contributed by atoms with van der Waals surface area (Å²) < 4.78 is 0. The fraction of sp³-hybridized carbons (Fsp3) is 0.391. The lowest BCUT2D eigenvalue weighted by Gasteiger charge is -2.43. The summed E-state index contributed by atoms with van der Waals surface area (Å²) in [5, 5.41) is 3.04. The van der Waals surface area contributed by atoms with Gasteiger partial charge in [-0.2, -0.15) is 0 Å². The first-order valence-corrected chi connectivity index (χ1v) is 9.81. The molecule has 1 saturated heterocycles. The van der Waals surface area contributed by atoms with Crippen LogP contribution < -0.4 is 11.1 Å². The number of carbonyl (C=O) groups is 2. The lowest BCUT2D eigenvalue weighted by atomic mass is 9.79. The third-order valence-corrected chi connectivity index (χ3v) is 5.59. The molecule has 1 aliphatic rings. The average molecular weight is 416 g/mol. The molecule has 0 bridgehead atoms. The van der Waals surface area contributed by atoms with Crippen molar-refractivity contribution >= 4 is 24.2 Å². The van der Waals surface area contributed by atoms with Crippen molar-refractivity contribution in [3.8, 4) is 0 Å². The summed E-state index contributed by atoms with van der Waals surface area (Å²) in [7, 11) is 0. The highest BCUT2D eigenvalue weighted by atomic mass is 35.5. The smallest absolute Gasteiger partial charge is 0.251 e. The normalized spacial score (nSPS) is 19.0. The average Bonchev–Trinajstić information content (AvgIpc) is 2.70. The third-order valence-electron chi connectivity index (χ3n) is 5.59. The van der Waals surface area contributed by atoms with Gasteiger partial charge in [-0.1, -0.05) is 62.4 Å². The SMILES string of the molecule is CC1(C)CN(C(=O)CC(NC(=O)c2ccccc2)c2ccccc2)CCC1N.Cl. The second kappa shape index (κ2) is 9.90. The number of halogens is 1. The molecule has 2 aromatic rings. The molecule has 3 N–H and O–H groups in total. The maximum Gasteiger partial charge on any atom is 0.251 e. The summed E-state index contributed by atoms with van der Waals surface area (Å²) >= 11 is 0. The van der Waals surface area contributed by atoms with E-state index in [0.29, 0.717) is 18.7 Å². The van der Waals surface area contributed by atoms with Crippen LogP contribution in [0.15, 0.2) is 60.7 Å². The van der Waals surface area contributed by atoms with Crippen molar-refractivity contribution in [2.45, 2.75) is 38.8 Å². The Morgan fingerprint density at radius 2 is 1.69 bits per heavy atom. The van der Waals surface area contributed by atoms with Crippen molar-refractivity contribution in [3.05, 3.63) is 71.8 Å². The van der Waals surface area contributed by atoms with Crippen molar-refractivity contribution in [2.24, 2.45) is 11.1 Å². The van der Waals surface area contributed by atoms with E-state index in [9.17, 15) is 9.59 Å². The van der Waals surface area contributed by atoms with Gasteiger partial charge in [0.05, 0.1) is 12.5 Å². The van der Waals surface area contributed by atoms with Gasteiger partial charge in [-0.15, -0.1) is 12.4 Å². The van der Waals surface area contributed by atoms with Gasteiger partial charge in [-0.25, -0.2) is 0 Å². The second-order valence-electron chi connectivity index (χ2n) is 8.21. The molecular weight excluding hydrogens is 386 g/mol. The number of amides is 2. The van der Waals surface area contributed by atoms with E-state index in [4.69, 9.17) is 5.73 Å². The lowest BCUT2D eigenvalue weighted by molar-refractivity contribution is -0.135. The zero-order chi connectivity index (χ0) is 20.1. The Morgan fingerprint density at radius 1 is 1.10 bits per heavy atom. The van der Waals surface area contributed by atoms with Crippen LogP contribution >= 0.6 is 12.4 Å². The van der Waals surface area contributed by atoms with E-state index in [2.05, 4.69) is 19.2 Å². The number of rotatable bonds is 5. The Morgan fingerprint density at radius 3 is 2.28 bits per heavy atom. The Bertz CT molecular complexity index is 811. The summed E-state index contributed by atoms with van der Waals surface area (Å²) in [4.78, 5) is 27.6. The van der Waals surface area contributed by atoms with Crippen LogP contribution in [0.4, 0.5) is 0 Å². The number of benzene rings is 2. The zero-order valence-electron chi connectivity index (χ0n) is 17.0. The van der Waals surface area contributed by atoms with E-state index in [0.717, 1.165) is 12.0 Å². The molecule has 0 aromatic heterocycles. The van der Waals surface area contributed by atoms with Gasteiger partial charge in [-0.3, -0.25) is 9.59 Å². The van der Waals surface area contributed by atoms with Gasteiger partial charge < -0.3 is 16.0 Å². The molecule has 3 rings (SSSR count). The zero-order valence-corrected chi connectivity index (χ0v) is 17.8. The van der Waals surface area contributed by atoms with Crippen LogP contribution in [-0.2, 0) is 4.79 Å². The summed E-state index contributed by atoms with van der Waals surface area (Å²) in [6.45, 7) is 5.50. The predicted octanol–water partition coefficient (Wildman–Crippen LogP) is 3.56. The second-order valence-corrected chi connectivity index (χ2v) is 8.21. The molecule has 2 aromatic carbocycles. The highest BCUT2D eigenvalue weighted by Gasteiger charge is 2.36. The first kappa shape index (κ1) is 22.9. The van der Waals surface area contributed by atoms with Crippen molar-refractivity contribution in [1.29, 1.82) is 0 Å². The van der Waals surface area contributed by atoms with E-state index in [1.54, 1.807) is 12.1 Å². The van der Waals surface area contributed by atoms with Gasteiger partial charge in [-0.05, 0) is 29.5 Å². The fourth-order valence-corrected chi connectivity index (χ4v) is 3.66. The Kier molecular flexibility index (Phi) is 7.82. The van der Waals surface area contributed by atoms with Crippen molar-refractivity contribution in [1.82, 2.24) is 10.2 Å². The molecule has 156 valence electrons. The highest BCUT2D eigenvalue weighted by molar-refractivity contribution is 5.94. The predicted molar refractivity (Wildman–Crippen MR) is 118 cm³/mol. The largest absolute Gasteiger partial charge is 0.345 e. The van der Waals surface area contributed by atoms with Gasteiger partial charge >= 0.3 is 0 Å². The third kappa shape index (κ3) is 5.81. The molecule has 0 saturated carbocycles. The minimum Gasteiger partial charge on any atom is -0.345 e. The molecule has 5 nitrogen and oxygen atoms in total. The molecule has 1 fully saturated rings. The Balaban J connectivity index is 0.00000300. The number of piperidine rings is 1. The summed E-state index contributed by atoms with van der Waals surface area (Å²) in [6.07, 6.45) is 1.03. The maximum absolute atomic E-state index is 13.0.